The number of halogens is 2. The van der Waals surface area contributed by atoms with Crippen molar-refractivity contribution in [2.45, 2.75) is 6.54 Å². The van der Waals surface area contributed by atoms with Crippen molar-refractivity contribution in [3.05, 3.63) is 28.5 Å². The molecule has 0 aliphatic rings. The van der Waals surface area contributed by atoms with Crippen LogP contribution in [0, 0.1) is 5.82 Å². The predicted molar refractivity (Wildman–Crippen MR) is 41.7 cm³/mol. The monoisotopic (exact) mass is 191 g/mol. The molecule has 1 aromatic rings. The lowest BCUT2D eigenvalue weighted by atomic mass is 10.2. The number of phenolic OH excluding ortho intramolecular Hbond substituents is 1. The summed E-state index contributed by atoms with van der Waals surface area (Å²) in [5.74, 6) is -0.922. The number of hydrogen-bond donors (Lipinski definition) is 3. The van der Waals surface area contributed by atoms with E-state index in [1.54, 1.807) is 5.48 Å². The molecule has 0 bridgehead atoms. The first kappa shape index (κ1) is 9.25. The van der Waals surface area contributed by atoms with Crippen molar-refractivity contribution in [1.82, 2.24) is 5.48 Å². The lowest BCUT2D eigenvalue weighted by Gasteiger charge is -2.03. The van der Waals surface area contributed by atoms with E-state index in [0.29, 0.717) is 0 Å². The highest BCUT2D eigenvalue weighted by molar-refractivity contribution is 6.32. The van der Waals surface area contributed by atoms with Crippen LogP contribution >= 0.6 is 11.6 Å². The molecule has 0 radical (unpaired) electrons. The van der Waals surface area contributed by atoms with Crippen LogP contribution in [0.25, 0.3) is 0 Å². The summed E-state index contributed by atoms with van der Waals surface area (Å²) < 4.78 is 12.8. The maximum absolute atomic E-state index is 12.8. The standard InChI is InChI=1S/C7H7ClFNO2/c8-5-1-4(3-10-12)6(9)2-7(5)11/h1-2,10-12H,3H2. The van der Waals surface area contributed by atoms with Gasteiger partial charge in [-0.25, -0.2) is 9.87 Å². The zero-order valence-electron chi connectivity index (χ0n) is 6.01. The van der Waals surface area contributed by atoms with E-state index >= 15 is 0 Å². The highest BCUT2D eigenvalue weighted by Crippen LogP contribution is 2.25. The summed E-state index contributed by atoms with van der Waals surface area (Å²) in [5.41, 5.74) is 1.99. The molecule has 0 aliphatic carbocycles. The quantitative estimate of drug-likeness (QED) is 0.624. The molecule has 0 amide bonds. The average molecular weight is 192 g/mol. The Labute approximate surface area is 73.4 Å². The van der Waals surface area contributed by atoms with E-state index in [1.807, 2.05) is 0 Å². The summed E-state index contributed by atoms with van der Waals surface area (Å²) in [6, 6.07) is 2.14. The maximum Gasteiger partial charge on any atom is 0.137 e. The van der Waals surface area contributed by atoms with Gasteiger partial charge < -0.3 is 10.3 Å². The van der Waals surface area contributed by atoms with Gasteiger partial charge in [-0.2, -0.15) is 0 Å². The molecular weight excluding hydrogens is 185 g/mol. The molecule has 0 aliphatic heterocycles. The molecule has 0 unspecified atom stereocenters. The van der Waals surface area contributed by atoms with Gasteiger partial charge in [-0.05, 0) is 6.07 Å². The van der Waals surface area contributed by atoms with E-state index in [1.165, 1.54) is 6.07 Å². The van der Waals surface area contributed by atoms with Gasteiger partial charge in [-0.1, -0.05) is 11.6 Å². The van der Waals surface area contributed by atoms with Crippen molar-refractivity contribution in [3.8, 4) is 5.75 Å². The SMILES string of the molecule is ONCc1cc(Cl)c(O)cc1F. The van der Waals surface area contributed by atoms with Crippen LogP contribution in [-0.4, -0.2) is 10.3 Å². The van der Waals surface area contributed by atoms with Crippen LogP contribution in [0.4, 0.5) is 4.39 Å². The van der Waals surface area contributed by atoms with Crippen LogP contribution in [-0.2, 0) is 6.54 Å². The number of hydrogen-bond acceptors (Lipinski definition) is 3. The first-order valence-corrected chi connectivity index (χ1v) is 3.56. The second-order valence-electron chi connectivity index (χ2n) is 2.23. The number of rotatable bonds is 2. The Morgan fingerprint density at radius 3 is 2.75 bits per heavy atom. The normalized spacial score (nSPS) is 10.2. The molecule has 1 aromatic carbocycles. The zero-order valence-corrected chi connectivity index (χ0v) is 6.77. The first-order chi connectivity index (χ1) is 5.65. The first-order valence-electron chi connectivity index (χ1n) is 3.19. The van der Waals surface area contributed by atoms with Crippen molar-refractivity contribution in [3.63, 3.8) is 0 Å². The Bertz CT molecular complexity index is 293. The maximum atomic E-state index is 12.8. The van der Waals surface area contributed by atoms with Crippen molar-refractivity contribution in [2.24, 2.45) is 0 Å². The number of aromatic hydroxyl groups is 1. The molecule has 12 heavy (non-hydrogen) atoms. The van der Waals surface area contributed by atoms with Gasteiger partial charge in [0.2, 0.25) is 0 Å². The van der Waals surface area contributed by atoms with E-state index in [0.717, 1.165) is 6.07 Å². The Balaban J connectivity index is 3.05. The molecular formula is C7H7ClFNO2. The molecule has 0 heterocycles. The summed E-state index contributed by atoms with van der Waals surface area (Å²) in [7, 11) is 0. The number of phenols is 1. The van der Waals surface area contributed by atoms with E-state index in [2.05, 4.69) is 0 Å². The highest BCUT2D eigenvalue weighted by Gasteiger charge is 2.06. The third-order valence-corrected chi connectivity index (χ3v) is 1.69. The van der Waals surface area contributed by atoms with Crippen LogP contribution in [0.1, 0.15) is 5.56 Å². The second-order valence-corrected chi connectivity index (χ2v) is 2.64. The molecule has 0 aromatic heterocycles. The lowest BCUT2D eigenvalue weighted by molar-refractivity contribution is 0.160. The van der Waals surface area contributed by atoms with Crippen LogP contribution in [0.5, 0.6) is 5.75 Å². The Kier molecular flexibility index (Phi) is 2.86. The molecule has 66 valence electrons. The topological polar surface area (TPSA) is 52.5 Å². The molecule has 3 nitrogen and oxygen atoms in total. The third-order valence-electron chi connectivity index (χ3n) is 1.39. The largest absolute Gasteiger partial charge is 0.506 e. The van der Waals surface area contributed by atoms with Crippen molar-refractivity contribution >= 4 is 11.6 Å². The third kappa shape index (κ3) is 1.85. The molecule has 0 atom stereocenters. The van der Waals surface area contributed by atoms with Crippen molar-refractivity contribution in [1.29, 1.82) is 0 Å². The molecule has 5 heteroatoms. The summed E-state index contributed by atoms with van der Waals surface area (Å²) >= 11 is 5.50. The van der Waals surface area contributed by atoms with Crippen molar-refractivity contribution in [2.75, 3.05) is 0 Å². The highest BCUT2D eigenvalue weighted by atomic mass is 35.5. The smallest absolute Gasteiger partial charge is 0.137 e. The number of benzene rings is 1. The molecule has 0 saturated heterocycles. The van der Waals surface area contributed by atoms with Gasteiger partial charge in [-0.15, -0.1) is 0 Å². The van der Waals surface area contributed by atoms with Crippen molar-refractivity contribution < 1.29 is 14.7 Å². The van der Waals surface area contributed by atoms with Gasteiger partial charge in [0.15, 0.2) is 0 Å². The fourth-order valence-electron chi connectivity index (χ4n) is 0.798. The van der Waals surface area contributed by atoms with Gasteiger partial charge in [-0.3, -0.25) is 0 Å². The van der Waals surface area contributed by atoms with Gasteiger partial charge in [0.05, 0.1) is 5.02 Å². The van der Waals surface area contributed by atoms with Crippen LogP contribution in [0.15, 0.2) is 12.1 Å². The second kappa shape index (κ2) is 3.71. The minimum absolute atomic E-state index is 0.0498. The molecule has 3 N–H and O–H groups in total. The minimum Gasteiger partial charge on any atom is -0.506 e. The number of nitrogens with one attached hydrogen (secondary N) is 1. The Hall–Kier alpha value is -0.840. The van der Waals surface area contributed by atoms with E-state index < -0.39 is 5.82 Å². The van der Waals surface area contributed by atoms with Crippen LogP contribution in [0.2, 0.25) is 5.02 Å². The van der Waals surface area contributed by atoms with Gasteiger partial charge in [0, 0.05) is 18.2 Å². The summed E-state index contributed by atoms with van der Waals surface area (Å²) in [6.07, 6.45) is 0. The van der Waals surface area contributed by atoms with E-state index in [4.69, 9.17) is 21.9 Å². The molecule has 0 fully saturated rings. The minimum atomic E-state index is -0.613. The van der Waals surface area contributed by atoms with E-state index in [-0.39, 0.29) is 22.9 Å². The fourth-order valence-corrected chi connectivity index (χ4v) is 0.984. The Morgan fingerprint density at radius 1 is 1.50 bits per heavy atom. The van der Waals surface area contributed by atoms with Crippen LogP contribution < -0.4 is 5.48 Å². The molecule has 1 rings (SSSR count). The Morgan fingerprint density at radius 2 is 2.17 bits per heavy atom. The fraction of sp³-hybridized carbons (Fsp3) is 0.143. The molecule has 0 saturated carbocycles. The zero-order chi connectivity index (χ0) is 9.14. The van der Waals surface area contributed by atoms with Gasteiger partial charge >= 0.3 is 0 Å². The van der Waals surface area contributed by atoms with Gasteiger partial charge in [0.25, 0.3) is 0 Å². The number of hydroxylamine groups is 1. The summed E-state index contributed by atoms with van der Waals surface area (Å²) in [4.78, 5) is 0. The van der Waals surface area contributed by atoms with E-state index in [9.17, 15) is 4.39 Å². The average Bonchev–Trinajstić information content (AvgIpc) is 2.01. The summed E-state index contributed by atoms with van der Waals surface area (Å²) in [5, 5.41) is 17.3. The molecule has 0 spiro atoms. The van der Waals surface area contributed by atoms with Gasteiger partial charge in [0.1, 0.15) is 11.6 Å². The summed E-state index contributed by atoms with van der Waals surface area (Å²) in [6.45, 7) is -0.0498. The van der Waals surface area contributed by atoms with Crippen LogP contribution in [0.3, 0.4) is 0 Å². The lowest BCUT2D eigenvalue weighted by Crippen LogP contribution is -2.07. The predicted octanol–water partition coefficient (Wildman–Crippen LogP) is 1.66.